The second-order valence-corrected chi connectivity index (χ2v) is 5.41. The summed E-state index contributed by atoms with van der Waals surface area (Å²) >= 11 is 0. The zero-order valence-electron chi connectivity index (χ0n) is 12.3. The topological polar surface area (TPSA) is 90.0 Å². The average molecular weight is 285 g/mol. The van der Waals surface area contributed by atoms with Crippen LogP contribution in [-0.4, -0.2) is 66.0 Å². The molecule has 20 heavy (non-hydrogen) atoms. The van der Waals surface area contributed by atoms with Crippen molar-refractivity contribution in [1.82, 2.24) is 15.1 Å². The zero-order valence-corrected chi connectivity index (χ0v) is 12.3. The molecule has 1 saturated heterocycles. The van der Waals surface area contributed by atoms with Crippen LogP contribution in [0, 0.1) is 5.41 Å². The summed E-state index contributed by atoms with van der Waals surface area (Å²) in [4.78, 5) is 37.8. The molecule has 0 spiro atoms. The average Bonchev–Trinajstić information content (AvgIpc) is 2.80. The predicted molar refractivity (Wildman–Crippen MR) is 73.3 cm³/mol. The van der Waals surface area contributed by atoms with Crippen molar-refractivity contribution in [3.63, 3.8) is 0 Å². The number of carbonyl (C=O) groups is 3. The van der Waals surface area contributed by atoms with Gasteiger partial charge < -0.3 is 20.2 Å². The van der Waals surface area contributed by atoms with Crippen LogP contribution < -0.4 is 5.32 Å². The molecular formula is C13H23N3O4. The highest BCUT2D eigenvalue weighted by Gasteiger charge is 2.42. The zero-order chi connectivity index (χ0) is 15.3. The molecule has 1 rings (SSSR count). The Morgan fingerprint density at radius 1 is 1.40 bits per heavy atom. The van der Waals surface area contributed by atoms with Crippen molar-refractivity contribution in [2.24, 2.45) is 5.41 Å². The molecule has 7 heteroatoms. The number of carboxylic acid groups (broad SMARTS) is 1. The number of hydrogen-bond acceptors (Lipinski definition) is 3. The molecule has 1 heterocycles. The second kappa shape index (κ2) is 6.58. The van der Waals surface area contributed by atoms with Gasteiger partial charge in [0.25, 0.3) is 0 Å². The predicted octanol–water partition coefficient (Wildman–Crippen LogP) is 0.361. The molecule has 3 amide bonds. The van der Waals surface area contributed by atoms with Crippen molar-refractivity contribution in [3.8, 4) is 0 Å². The first-order valence-electron chi connectivity index (χ1n) is 6.82. The van der Waals surface area contributed by atoms with Gasteiger partial charge in [-0.1, -0.05) is 6.92 Å². The fourth-order valence-corrected chi connectivity index (χ4v) is 2.49. The first kappa shape index (κ1) is 16.3. The van der Waals surface area contributed by atoms with Gasteiger partial charge in [-0.2, -0.15) is 0 Å². The van der Waals surface area contributed by atoms with Crippen molar-refractivity contribution in [2.45, 2.75) is 26.7 Å². The third-order valence-electron chi connectivity index (χ3n) is 3.61. The van der Waals surface area contributed by atoms with Gasteiger partial charge in [0.05, 0.1) is 5.41 Å². The quantitative estimate of drug-likeness (QED) is 0.763. The van der Waals surface area contributed by atoms with Crippen LogP contribution in [0.3, 0.4) is 0 Å². The van der Waals surface area contributed by atoms with E-state index in [1.165, 1.54) is 4.90 Å². The minimum absolute atomic E-state index is 0.0897. The summed E-state index contributed by atoms with van der Waals surface area (Å²) in [5, 5.41) is 11.5. The molecule has 1 aliphatic heterocycles. The molecular weight excluding hydrogens is 262 g/mol. The molecule has 0 radical (unpaired) electrons. The Labute approximate surface area is 118 Å². The molecule has 1 aliphatic rings. The number of nitrogens with zero attached hydrogens (tertiary/aromatic N) is 2. The lowest BCUT2D eigenvalue weighted by atomic mass is 9.89. The summed E-state index contributed by atoms with van der Waals surface area (Å²) in [6, 6.07) is -0.304. The van der Waals surface area contributed by atoms with E-state index >= 15 is 0 Å². The van der Waals surface area contributed by atoms with Crippen LogP contribution in [0.4, 0.5) is 4.79 Å². The first-order chi connectivity index (χ1) is 9.34. The van der Waals surface area contributed by atoms with E-state index in [0.29, 0.717) is 32.5 Å². The van der Waals surface area contributed by atoms with Gasteiger partial charge in [0.1, 0.15) is 6.54 Å². The summed E-state index contributed by atoms with van der Waals surface area (Å²) in [7, 11) is 1.58. The molecule has 1 atom stereocenters. The molecule has 1 unspecified atom stereocenters. The van der Waals surface area contributed by atoms with E-state index in [9.17, 15) is 14.4 Å². The summed E-state index contributed by atoms with van der Waals surface area (Å²) < 4.78 is 0. The molecule has 0 aromatic carbocycles. The second-order valence-electron chi connectivity index (χ2n) is 5.41. The van der Waals surface area contributed by atoms with E-state index in [-0.39, 0.29) is 18.5 Å². The SMILES string of the molecule is CCCN(CC(=O)O)C(=O)N1CCC(C)(C(=O)NC)C1. The van der Waals surface area contributed by atoms with Crippen molar-refractivity contribution in [1.29, 1.82) is 0 Å². The van der Waals surface area contributed by atoms with E-state index in [0.717, 1.165) is 0 Å². The Morgan fingerprint density at radius 2 is 2.05 bits per heavy atom. The Hall–Kier alpha value is -1.79. The number of likely N-dealkylation sites (tertiary alicyclic amines) is 1. The van der Waals surface area contributed by atoms with Gasteiger partial charge >= 0.3 is 12.0 Å². The minimum Gasteiger partial charge on any atom is -0.480 e. The van der Waals surface area contributed by atoms with Gasteiger partial charge in [-0.25, -0.2) is 4.79 Å². The Morgan fingerprint density at radius 3 is 2.55 bits per heavy atom. The summed E-state index contributed by atoms with van der Waals surface area (Å²) in [5.74, 6) is -1.12. The van der Waals surface area contributed by atoms with E-state index in [1.54, 1.807) is 11.9 Å². The molecule has 7 nitrogen and oxygen atoms in total. The Bertz CT molecular complexity index is 399. The molecule has 0 bridgehead atoms. The Kier molecular flexibility index (Phi) is 5.35. The standard InChI is InChI=1S/C13H23N3O4/c1-4-6-15(8-10(17)18)12(20)16-7-5-13(2,9-16)11(19)14-3/h4-9H2,1-3H3,(H,14,19)(H,17,18). The van der Waals surface area contributed by atoms with Gasteiger partial charge in [-0.15, -0.1) is 0 Å². The van der Waals surface area contributed by atoms with Gasteiger partial charge in [-0.3, -0.25) is 9.59 Å². The van der Waals surface area contributed by atoms with Crippen LogP contribution in [0.15, 0.2) is 0 Å². The molecule has 0 aromatic rings. The normalized spacial score (nSPS) is 21.6. The van der Waals surface area contributed by atoms with E-state index in [1.807, 2.05) is 13.8 Å². The minimum atomic E-state index is -1.03. The molecule has 114 valence electrons. The van der Waals surface area contributed by atoms with Crippen molar-refractivity contribution in [2.75, 3.05) is 33.2 Å². The van der Waals surface area contributed by atoms with Crippen LogP contribution in [-0.2, 0) is 9.59 Å². The number of nitrogens with one attached hydrogen (secondary N) is 1. The number of carboxylic acids is 1. The highest BCUT2D eigenvalue weighted by atomic mass is 16.4. The summed E-state index contributed by atoms with van der Waals surface area (Å²) in [6.45, 7) is 4.60. The fraction of sp³-hybridized carbons (Fsp3) is 0.769. The molecule has 0 saturated carbocycles. The maximum atomic E-state index is 12.3. The molecule has 2 N–H and O–H groups in total. The lowest BCUT2D eigenvalue weighted by Gasteiger charge is -2.28. The largest absolute Gasteiger partial charge is 0.480 e. The monoisotopic (exact) mass is 285 g/mol. The fourth-order valence-electron chi connectivity index (χ4n) is 2.49. The van der Waals surface area contributed by atoms with Crippen LogP contribution in [0.25, 0.3) is 0 Å². The van der Waals surface area contributed by atoms with Crippen molar-refractivity contribution < 1.29 is 19.5 Å². The number of hydrogen-bond donors (Lipinski definition) is 2. The first-order valence-corrected chi connectivity index (χ1v) is 6.82. The number of rotatable bonds is 5. The van der Waals surface area contributed by atoms with Crippen LogP contribution in [0.1, 0.15) is 26.7 Å². The van der Waals surface area contributed by atoms with Crippen LogP contribution in [0.2, 0.25) is 0 Å². The van der Waals surface area contributed by atoms with Crippen LogP contribution in [0.5, 0.6) is 0 Å². The number of aliphatic carboxylic acids is 1. The Balaban J connectivity index is 2.72. The van der Waals surface area contributed by atoms with Crippen molar-refractivity contribution in [3.05, 3.63) is 0 Å². The third-order valence-corrected chi connectivity index (χ3v) is 3.61. The number of carbonyl (C=O) groups excluding carboxylic acids is 2. The highest BCUT2D eigenvalue weighted by Crippen LogP contribution is 2.30. The van der Waals surface area contributed by atoms with E-state index in [4.69, 9.17) is 5.11 Å². The van der Waals surface area contributed by atoms with Gasteiger partial charge in [0.2, 0.25) is 5.91 Å². The summed E-state index contributed by atoms with van der Waals surface area (Å²) in [6.07, 6.45) is 1.28. The highest BCUT2D eigenvalue weighted by molar-refractivity contribution is 5.85. The maximum Gasteiger partial charge on any atom is 0.323 e. The van der Waals surface area contributed by atoms with E-state index < -0.39 is 11.4 Å². The lowest BCUT2D eigenvalue weighted by Crippen LogP contribution is -2.46. The molecule has 1 fully saturated rings. The molecule has 0 aliphatic carbocycles. The van der Waals surface area contributed by atoms with Crippen molar-refractivity contribution >= 4 is 17.9 Å². The summed E-state index contributed by atoms with van der Waals surface area (Å²) in [5.41, 5.74) is -0.592. The number of urea groups is 1. The third kappa shape index (κ3) is 3.61. The lowest BCUT2D eigenvalue weighted by molar-refractivity contribution is -0.137. The maximum absolute atomic E-state index is 12.3. The number of amides is 3. The molecule has 0 aromatic heterocycles. The van der Waals surface area contributed by atoms with Gasteiger partial charge in [0.15, 0.2) is 0 Å². The van der Waals surface area contributed by atoms with Crippen LogP contribution >= 0.6 is 0 Å². The van der Waals surface area contributed by atoms with Gasteiger partial charge in [-0.05, 0) is 19.8 Å². The van der Waals surface area contributed by atoms with E-state index in [2.05, 4.69) is 5.32 Å². The van der Waals surface area contributed by atoms with Gasteiger partial charge in [0, 0.05) is 26.7 Å². The smallest absolute Gasteiger partial charge is 0.323 e.